The number of rotatable bonds is 7. The summed E-state index contributed by atoms with van der Waals surface area (Å²) in [5.41, 5.74) is 14.8. The van der Waals surface area contributed by atoms with E-state index in [-0.39, 0.29) is 0 Å². The van der Waals surface area contributed by atoms with E-state index in [1.165, 1.54) is 15.5 Å². The smallest absolute Gasteiger partial charge is 0.238 e. The molecule has 0 aliphatic heterocycles. The van der Waals surface area contributed by atoms with Gasteiger partial charge >= 0.3 is 0 Å². The van der Waals surface area contributed by atoms with Crippen molar-refractivity contribution in [3.05, 3.63) is 237 Å². The molecule has 0 saturated heterocycles. The lowest BCUT2D eigenvalue weighted by atomic mass is 10.0. The van der Waals surface area contributed by atoms with Crippen molar-refractivity contribution < 1.29 is 0 Å². The molecule has 7 nitrogen and oxygen atoms in total. The molecule has 0 amide bonds. The van der Waals surface area contributed by atoms with Crippen LogP contribution in [0.5, 0.6) is 0 Å². The average molecular weight is 938 g/mol. The SMILES string of the molecule is c1ccc(-n2c3ccccc3c3ccc(-c4nc(-c5ccc6c7ccccc7n(-c7ccccc7)c6c5)nc(-n5c6ccccc6c6cc(-c7ccc(-c8nc9ccccc9s8)cc7)ccc65)n4)cc32)cc1. The second-order valence-corrected chi connectivity index (χ2v) is 19.3. The standard InChI is InChI=1S/C64H39N7S/c1-3-15-45(16-4-1)69-54-23-11-7-19-47(54)50-34-31-43(38-58(50)69)61-66-62(44-32-35-51-48-20-8-12-24-55(48)70(59(51)39-44)46-17-5-2-6-18-46)68-64(67-61)71-56-25-13-9-21-49(56)52-37-42(33-36-57(52)71)40-27-29-41(30-28-40)63-65-53-22-10-14-26-60(53)72-63/h1-39H. The molecule has 72 heavy (non-hydrogen) atoms. The van der Waals surface area contributed by atoms with Crippen molar-refractivity contribution >= 4 is 87.0 Å². The van der Waals surface area contributed by atoms with Crippen molar-refractivity contribution in [1.82, 2.24) is 33.6 Å². The van der Waals surface area contributed by atoms with E-state index >= 15 is 0 Å². The predicted octanol–water partition coefficient (Wildman–Crippen LogP) is 16.4. The van der Waals surface area contributed by atoms with E-state index in [1.807, 2.05) is 6.07 Å². The van der Waals surface area contributed by atoms with Crippen LogP contribution in [0.15, 0.2) is 237 Å². The lowest BCUT2D eigenvalue weighted by Gasteiger charge is -2.12. The summed E-state index contributed by atoms with van der Waals surface area (Å²) in [6, 6.07) is 84.0. The quantitative estimate of drug-likeness (QED) is 0.160. The first kappa shape index (κ1) is 40.4. The Labute approximate surface area is 416 Å². The molecule has 336 valence electrons. The van der Waals surface area contributed by atoms with Crippen LogP contribution in [0.25, 0.3) is 137 Å². The number of thiazole rings is 1. The maximum absolute atomic E-state index is 5.45. The van der Waals surface area contributed by atoms with E-state index in [9.17, 15) is 0 Å². The molecule has 0 spiro atoms. The van der Waals surface area contributed by atoms with Crippen LogP contribution in [0.3, 0.4) is 0 Å². The molecule has 5 aromatic heterocycles. The second-order valence-electron chi connectivity index (χ2n) is 18.3. The lowest BCUT2D eigenvalue weighted by molar-refractivity contribution is 0.953. The van der Waals surface area contributed by atoms with Crippen LogP contribution in [0.4, 0.5) is 0 Å². The summed E-state index contributed by atoms with van der Waals surface area (Å²) in [5.74, 6) is 1.71. The Hall–Kier alpha value is -9.50. The summed E-state index contributed by atoms with van der Waals surface area (Å²) in [6.45, 7) is 0. The molecule has 0 radical (unpaired) electrons. The van der Waals surface area contributed by atoms with Gasteiger partial charge in [0.2, 0.25) is 5.95 Å². The predicted molar refractivity (Wildman–Crippen MR) is 298 cm³/mol. The molecule has 0 fully saturated rings. The van der Waals surface area contributed by atoms with E-state index in [0.717, 1.165) is 104 Å². The normalized spacial score (nSPS) is 11.9. The van der Waals surface area contributed by atoms with Gasteiger partial charge in [0.25, 0.3) is 0 Å². The molecule has 15 aromatic rings. The zero-order valence-electron chi connectivity index (χ0n) is 38.6. The number of aromatic nitrogens is 7. The maximum atomic E-state index is 5.45. The van der Waals surface area contributed by atoms with Crippen LogP contribution in [-0.2, 0) is 0 Å². The molecule has 0 aliphatic rings. The van der Waals surface area contributed by atoms with E-state index < -0.39 is 0 Å². The fourth-order valence-corrected chi connectivity index (χ4v) is 11.8. The molecular weight excluding hydrogens is 899 g/mol. The monoisotopic (exact) mass is 937 g/mol. The first-order chi connectivity index (χ1) is 35.7. The Bertz CT molecular complexity index is 4410. The Kier molecular flexibility index (Phi) is 8.99. The summed E-state index contributed by atoms with van der Waals surface area (Å²) >= 11 is 1.72. The van der Waals surface area contributed by atoms with Crippen molar-refractivity contribution in [1.29, 1.82) is 0 Å². The van der Waals surface area contributed by atoms with Crippen LogP contribution in [0, 0.1) is 0 Å². The summed E-state index contributed by atoms with van der Waals surface area (Å²) in [5, 5.41) is 7.96. The molecule has 10 aromatic carbocycles. The van der Waals surface area contributed by atoms with E-state index in [1.54, 1.807) is 11.3 Å². The molecule has 15 rings (SSSR count). The first-order valence-corrected chi connectivity index (χ1v) is 24.9. The minimum absolute atomic E-state index is 0.543. The number of fused-ring (bicyclic) bond motifs is 10. The van der Waals surface area contributed by atoms with Gasteiger partial charge < -0.3 is 9.13 Å². The first-order valence-electron chi connectivity index (χ1n) is 24.1. The highest BCUT2D eigenvalue weighted by Crippen LogP contribution is 2.40. The molecule has 8 heteroatoms. The Morgan fingerprint density at radius 3 is 1.31 bits per heavy atom. The summed E-state index contributed by atoms with van der Waals surface area (Å²) in [4.78, 5) is 21.2. The highest BCUT2D eigenvalue weighted by Gasteiger charge is 2.22. The Balaban J connectivity index is 0.936. The fourth-order valence-electron chi connectivity index (χ4n) is 10.8. The number of hydrogen-bond acceptors (Lipinski definition) is 5. The molecule has 0 aliphatic carbocycles. The zero-order valence-corrected chi connectivity index (χ0v) is 39.4. The van der Waals surface area contributed by atoms with E-state index in [2.05, 4.69) is 244 Å². The summed E-state index contributed by atoms with van der Waals surface area (Å²) < 4.78 is 8.08. The van der Waals surface area contributed by atoms with Crippen LogP contribution in [0.1, 0.15) is 0 Å². The fraction of sp³-hybridized carbons (Fsp3) is 0. The maximum Gasteiger partial charge on any atom is 0.238 e. The summed E-state index contributed by atoms with van der Waals surface area (Å²) in [6.07, 6.45) is 0. The lowest BCUT2D eigenvalue weighted by Crippen LogP contribution is -2.06. The average Bonchev–Trinajstić information content (AvgIpc) is 4.21. The van der Waals surface area contributed by atoms with Crippen molar-refractivity contribution in [3.8, 4) is 61.8 Å². The highest BCUT2D eigenvalue weighted by atomic mass is 32.1. The molecule has 0 N–H and O–H groups in total. The largest absolute Gasteiger partial charge is 0.309 e. The molecular formula is C64H39N7S. The van der Waals surface area contributed by atoms with Gasteiger partial charge in [-0.1, -0.05) is 158 Å². The third kappa shape index (κ3) is 6.36. The van der Waals surface area contributed by atoms with Gasteiger partial charge in [0.1, 0.15) is 5.01 Å². The van der Waals surface area contributed by atoms with Crippen molar-refractivity contribution in [2.75, 3.05) is 0 Å². The number of benzene rings is 10. The van der Waals surface area contributed by atoms with Crippen LogP contribution in [0.2, 0.25) is 0 Å². The van der Waals surface area contributed by atoms with Gasteiger partial charge in [-0.3, -0.25) is 4.57 Å². The minimum atomic E-state index is 0.543. The second kappa shape index (κ2) is 16.0. The van der Waals surface area contributed by atoms with Gasteiger partial charge in [-0.25, -0.2) is 9.97 Å². The number of para-hydroxylation sites is 6. The van der Waals surface area contributed by atoms with Crippen molar-refractivity contribution in [3.63, 3.8) is 0 Å². The van der Waals surface area contributed by atoms with Gasteiger partial charge in [0.05, 0.1) is 43.3 Å². The molecule has 5 heterocycles. The number of hydrogen-bond donors (Lipinski definition) is 0. The van der Waals surface area contributed by atoms with Crippen molar-refractivity contribution in [2.24, 2.45) is 0 Å². The molecule has 0 saturated carbocycles. The minimum Gasteiger partial charge on any atom is -0.309 e. The van der Waals surface area contributed by atoms with E-state index in [4.69, 9.17) is 19.9 Å². The Morgan fingerprint density at radius 1 is 0.278 bits per heavy atom. The zero-order chi connectivity index (χ0) is 47.3. The van der Waals surface area contributed by atoms with E-state index in [0.29, 0.717) is 17.6 Å². The molecule has 0 bridgehead atoms. The molecule has 0 atom stereocenters. The third-order valence-corrected chi connectivity index (χ3v) is 15.2. The van der Waals surface area contributed by atoms with Gasteiger partial charge in [0.15, 0.2) is 11.6 Å². The van der Waals surface area contributed by atoms with Crippen LogP contribution in [-0.4, -0.2) is 33.6 Å². The number of nitrogens with zero attached hydrogens (tertiary/aromatic N) is 7. The van der Waals surface area contributed by atoms with Crippen LogP contribution < -0.4 is 0 Å². The van der Waals surface area contributed by atoms with Gasteiger partial charge in [-0.2, -0.15) is 9.97 Å². The topological polar surface area (TPSA) is 66.3 Å². The van der Waals surface area contributed by atoms with Gasteiger partial charge in [-0.05, 0) is 90.0 Å². The molecule has 0 unspecified atom stereocenters. The Morgan fingerprint density at radius 2 is 0.722 bits per heavy atom. The van der Waals surface area contributed by atoms with Gasteiger partial charge in [0, 0.05) is 60.4 Å². The summed E-state index contributed by atoms with van der Waals surface area (Å²) in [7, 11) is 0. The van der Waals surface area contributed by atoms with Gasteiger partial charge in [-0.15, -0.1) is 11.3 Å². The third-order valence-electron chi connectivity index (χ3n) is 14.1. The van der Waals surface area contributed by atoms with Crippen LogP contribution >= 0.6 is 11.3 Å². The highest BCUT2D eigenvalue weighted by molar-refractivity contribution is 7.21. The van der Waals surface area contributed by atoms with Crippen molar-refractivity contribution in [2.45, 2.75) is 0 Å².